The van der Waals surface area contributed by atoms with Gasteiger partial charge < -0.3 is 0 Å². The van der Waals surface area contributed by atoms with Crippen LogP contribution in [0.3, 0.4) is 0 Å². The van der Waals surface area contributed by atoms with Gasteiger partial charge in [0.1, 0.15) is 4.90 Å². The highest BCUT2D eigenvalue weighted by Crippen LogP contribution is 2.26. The number of aromatic nitrogens is 2. The molecule has 0 spiro atoms. The van der Waals surface area contributed by atoms with Gasteiger partial charge in [0, 0.05) is 0 Å². The number of aryl methyl sites for hydroxylation is 1. The zero-order valence-corrected chi connectivity index (χ0v) is 12.4. The fourth-order valence-corrected chi connectivity index (χ4v) is 3.41. The Bertz CT molecular complexity index is 502. The highest BCUT2D eigenvalue weighted by Gasteiger charge is 2.26. The van der Waals surface area contributed by atoms with E-state index in [1.54, 1.807) is 0 Å². The average Bonchev–Trinajstić information content (AvgIpc) is 2.69. The Morgan fingerprint density at radius 1 is 1.17 bits per heavy atom. The molecule has 0 radical (unpaired) electrons. The van der Waals surface area contributed by atoms with Crippen LogP contribution in [0.25, 0.3) is 0 Å². The van der Waals surface area contributed by atoms with Gasteiger partial charge in [-0.2, -0.15) is 5.10 Å². The number of hydrogen-bond acceptors (Lipinski definition) is 3. The van der Waals surface area contributed by atoms with Crippen molar-refractivity contribution in [2.75, 3.05) is 0 Å². The van der Waals surface area contributed by atoms with E-state index < -0.39 is 10.0 Å². The molecule has 0 aliphatic rings. The van der Waals surface area contributed by atoms with Crippen LogP contribution in [0.2, 0.25) is 0 Å². The first kappa shape index (κ1) is 15.2. The second-order valence-electron chi connectivity index (χ2n) is 4.39. The molecular formula is C12H23N3O2S. The van der Waals surface area contributed by atoms with E-state index in [2.05, 4.69) is 18.9 Å². The Hall–Kier alpha value is -0.880. The second-order valence-corrected chi connectivity index (χ2v) is 5.89. The molecule has 0 saturated heterocycles. The van der Waals surface area contributed by atoms with Crippen molar-refractivity contribution in [3.05, 3.63) is 11.4 Å². The maximum Gasteiger partial charge on any atom is 0.241 e. The van der Waals surface area contributed by atoms with Crippen LogP contribution >= 0.6 is 0 Å². The maximum absolute atomic E-state index is 11.7. The first-order valence-corrected chi connectivity index (χ1v) is 8.08. The van der Waals surface area contributed by atoms with Crippen LogP contribution in [-0.2, 0) is 22.9 Å². The molecule has 0 amide bonds. The molecule has 1 aromatic heterocycles. The summed E-state index contributed by atoms with van der Waals surface area (Å²) in [5.41, 5.74) is 1.32. The van der Waals surface area contributed by atoms with Crippen LogP contribution in [0.1, 0.15) is 58.0 Å². The smallest absolute Gasteiger partial charge is 0.241 e. The lowest BCUT2D eigenvalue weighted by atomic mass is 10.1. The molecule has 6 heteroatoms. The third kappa shape index (κ3) is 2.75. The summed E-state index contributed by atoms with van der Waals surface area (Å²) in [5, 5.41) is 9.79. The molecule has 0 fully saturated rings. The number of primary sulfonamides is 1. The first-order chi connectivity index (χ1) is 8.40. The number of hydrogen-bond donors (Lipinski definition) is 1. The van der Waals surface area contributed by atoms with E-state index in [4.69, 9.17) is 5.14 Å². The Morgan fingerprint density at radius 3 is 2.06 bits per heavy atom. The minimum atomic E-state index is -3.70. The van der Waals surface area contributed by atoms with Crippen molar-refractivity contribution in [3.8, 4) is 0 Å². The maximum atomic E-state index is 11.7. The van der Waals surface area contributed by atoms with Crippen LogP contribution in [0.4, 0.5) is 0 Å². The van der Waals surface area contributed by atoms with Crippen molar-refractivity contribution in [2.45, 2.75) is 64.3 Å². The SMILES string of the molecule is CCc1nn(C(CC)CC)c(CC)c1S(N)(=O)=O. The van der Waals surface area contributed by atoms with Crippen LogP contribution in [-0.4, -0.2) is 18.2 Å². The molecule has 104 valence electrons. The Kier molecular flexibility index (Phi) is 4.92. The number of nitrogens with two attached hydrogens (primary N) is 1. The molecule has 1 rings (SSSR count). The lowest BCUT2D eigenvalue weighted by Gasteiger charge is -2.16. The molecule has 0 saturated carbocycles. The minimum Gasteiger partial charge on any atom is -0.265 e. The van der Waals surface area contributed by atoms with Gasteiger partial charge in [0.15, 0.2) is 0 Å². The summed E-state index contributed by atoms with van der Waals surface area (Å²) in [6, 6.07) is 0.237. The van der Waals surface area contributed by atoms with Gasteiger partial charge in [-0.05, 0) is 25.7 Å². The van der Waals surface area contributed by atoms with Gasteiger partial charge >= 0.3 is 0 Å². The summed E-state index contributed by atoms with van der Waals surface area (Å²) < 4.78 is 25.3. The third-order valence-electron chi connectivity index (χ3n) is 3.27. The summed E-state index contributed by atoms with van der Waals surface area (Å²) in [7, 11) is -3.70. The van der Waals surface area contributed by atoms with Crippen LogP contribution in [0.15, 0.2) is 4.90 Å². The fourth-order valence-electron chi connectivity index (χ4n) is 2.33. The van der Waals surface area contributed by atoms with Gasteiger partial charge in [-0.25, -0.2) is 13.6 Å². The molecule has 0 unspecified atom stereocenters. The van der Waals surface area contributed by atoms with Gasteiger partial charge in [0.2, 0.25) is 10.0 Å². The lowest BCUT2D eigenvalue weighted by molar-refractivity contribution is 0.412. The molecule has 0 aliphatic carbocycles. The van der Waals surface area contributed by atoms with Gasteiger partial charge in [-0.3, -0.25) is 4.68 Å². The summed E-state index contributed by atoms with van der Waals surface area (Å²) in [6.07, 6.45) is 3.05. The highest BCUT2D eigenvalue weighted by atomic mass is 32.2. The normalized spacial score (nSPS) is 12.3. The number of nitrogens with zero attached hydrogens (tertiary/aromatic N) is 2. The zero-order valence-electron chi connectivity index (χ0n) is 11.6. The van der Waals surface area contributed by atoms with Crippen molar-refractivity contribution in [2.24, 2.45) is 5.14 Å². The monoisotopic (exact) mass is 273 g/mol. The average molecular weight is 273 g/mol. The van der Waals surface area contributed by atoms with Crippen molar-refractivity contribution in [1.82, 2.24) is 9.78 Å². The molecule has 18 heavy (non-hydrogen) atoms. The topological polar surface area (TPSA) is 78.0 Å². The largest absolute Gasteiger partial charge is 0.265 e. The van der Waals surface area contributed by atoms with Gasteiger partial charge in [0.25, 0.3) is 0 Å². The minimum absolute atomic E-state index is 0.236. The van der Waals surface area contributed by atoms with Crippen molar-refractivity contribution in [1.29, 1.82) is 0 Å². The van der Waals surface area contributed by atoms with E-state index in [1.165, 1.54) is 0 Å². The Morgan fingerprint density at radius 2 is 1.72 bits per heavy atom. The molecule has 0 aromatic carbocycles. The van der Waals surface area contributed by atoms with Gasteiger partial charge in [-0.15, -0.1) is 0 Å². The Balaban J connectivity index is 3.52. The molecule has 1 heterocycles. The molecule has 0 aliphatic heterocycles. The van der Waals surface area contributed by atoms with Gasteiger partial charge in [0.05, 0.1) is 17.4 Å². The summed E-state index contributed by atoms with van der Waals surface area (Å²) in [6.45, 7) is 7.99. The quantitative estimate of drug-likeness (QED) is 0.861. The first-order valence-electron chi connectivity index (χ1n) is 6.53. The molecule has 5 nitrogen and oxygen atoms in total. The van der Waals surface area contributed by atoms with E-state index in [1.807, 2.05) is 18.5 Å². The van der Waals surface area contributed by atoms with E-state index in [0.29, 0.717) is 18.5 Å². The predicted octanol–water partition coefficient (Wildman–Crippen LogP) is 2.02. The van der Waals surface area contributed by atoms with Gasteiger partial charge in [-0.1, -0.05) is 27.7 Å². The van der Waals surface area contributed by atoms with Crippen LogP contribution in [0, 0.1) is 0 Å². The third-order valence-corrected chi connectivity index (χ3v) is 4.31. The van der Waals surface area contributed by atoms with E-state index in [0.717, 1.165) is 18.5 Å². The molecule has 0 bridgehead atoms. The van der Waals surface area contributed by atoms with E-state index in [-0.39, 0.29) is 10.9 Å². The van der Waals surface area contributed by atoms with E-state index in [9.17, 15) is 8.42 Å². The number of sulfonamides is 1. The summed E-state index contributed by atoms with van der Waals surface area (Å²) in [4.78, 5) is 0.236. The zero-order chi connectivity index (χ0) is 13.9. The summed E-state index contributed by atoms with van der Waals surface area (Å²) in [5.74, 6) is 0. The molecule has 1 aromatic rings. The molecule has 2 N–H and O–H groups in total. The number of rotatable bonds is 6. The van der Waals surface area contributed by atoms with Crippen molar-refractivity contribution >= 4 is 10.0 Å². The van der Waals surface area contributed by atoms with Crippen LogP contribution < -0.4 is 5.14 Å². The Labute approximate surface area is 109 Å². The predicted molar refractivity (Wildman–Crippen MR) is 72.0 cm³/mol. The highest BCUT2D eigenvalue weighted by molar-refractivity contribution is 7.89. The van der Waals surface area contributed by atoms with Crippen LogP contribution in [0.5, 0.6) is 0 Å². The fraction of sp³-hybridized carbons (Fsp3) is 0.750. The molecule has 0 atom stereocenters. The standard InChI is InChI=1S/C12H23N3O2S/c1-5-9(6-2)15-11(8-4)12(18(13,16)17)10(7-3)14-15/h9H,5-8H2,1-4H3,(H2,13,16,17). The second kappa shape index (κ2) is 5.84. The van der Waals surface area contributed by atoms with Crippen molar-refractivity contribution < 1.29 is 8.42 Å². The van der Waals surface area contributed by atoms with Crippen molar-refractivity contribution in [3.63, 3.8) is 0 Å². The lowest BCUT2D eigenvalue weighted by Crippen LogP contribution is -2.17. The van der Waals surface area contributed by atoms with E-state index >= 15 is 0 Å². The summed E-state index contributed by atoms with van der Waals surface area (Å²) >= 11 is 0. The molecular weight excluding hydrogens is 250 g/mol.